The number of rotatable bonds is 5. The van der Waals surface area contributed by atoms with Gasteiger partial charge in [-0.1, -0.05) is 12.1 Å². The van der Waals surface area contributed by atoms with E-state index in [2.05, 4.69) is 17.3 Å². The number of ether oxygens (including phenoxy) is 1. The molecular formula is C18H27N3O3. The van der Waals surface area contributed by atoms with Crippen LogP contribution in [0, 0.1) is 0 Å². The smallest absolute Gasteiger partial charge is 0.311 e. The number of hydrogen-bond donors (Lipinski definition) is 1. The SMILES string of the molecule is COc1ccc(CCNC(=O)C(=O)N(C)C2CCN(C)CC2)cc1. The monoisotopic (exact) mass is 333 g/mol. The van der Waals surface area contributed by atoms with Gasteiger partial charge in [0.15, 0.2) is 0 Å². The number of nitrogens with one attached hydrogen (secondary N) is 1. The molecule has 0 spiro atoms. The Balaban J connectivity index is 1.75. The van der Waals surface area contributed by atoms with Gasteiger partial charge in [0.25, 0.3) is 0 Å². The summed E-state index contributed by atoms with van der Waals surface area (Å²) in [7, 11) is 5.42. The number of nitrogens with zero attached hydrogens (tertiary/aromatic N) is 2. The number of likely N-dealkylation sites (N-methyl/N-ethyl adjacent to an activating group) is 1. The molecule has 1 aliphatic rings. The van der Waals surface area contributed by atoms with Gasteiger partial charge in [-0.15, -0.1) is 0 Å². The Morgan fingerprint density at radius 1 is 1.25 bits per heavy atom. The molecule has 0 unspecified atom stereocenters. The third-order valence-corrected chi connectivity index (χ3v) is 4.61. The Kier molecular flexibility index (Phi) is 6.61. The normalized spacial score (nSPS) is 15.8. The molecule has 6 heteroatoms. The van der Waals surface area contributed by atoms with Crippen molar-refractivity contribution in [3.63, 3.8) is 0 Å². The number of hydrogen-bond acceptors (Lipinski definition) is 4. The van der Waals surface area contributed by atoms with Gasteiger partial charge >= 0.3 is 11.8 Å². The minimum Gasteiger partial charge on any atom is -0.497 e. The molecule has 1 aromatic rings. The lowest BCUT2D eigenvalue weighted by Crippen LogP contribution is -2.49. The van der Waals surface area contributed by atoms with E-state index in [1.807, 2.05) is 24.3 Å². The number of amides is 2. The Hall–Kier alpha value is -2.08. The number of methoxy groups -OCH3 is 1. The lowest BCUT2D eigenvalue weighted by Gasteiger charge is -2.34. The van der Waals surface area contributed by atoms with Crippen molar-refractivity contribution in [3.05, 3.63) is 29.8 Å². The van der Waals surface area contributed by atoms with Crippen molar-refractivity contribution in [1.29, 1.82) is 0 Å². The average molecular weight is 333 g/mol. The molecular weight excluding hydrogens is 306 g/mol. The summed E-state index contributed by atoms with van der Waals surface area (Å²) in [5, 5.41) is 2.72. The van der Waals surface area contributed by atoms with Crippen LogP contribution in [-0.2, 0) is 16.0 Å². The molecule has 2 rings (SSSR count). The first kappa shape index (κ1) is 18.3. The second-order valence-corrected chi connectivity index (χ2v) is 6.30. The molecule has 0 aromatic heterocycles. The van der Waals surface area contributed by atoms with Crippen molar-refractivity contribution >= 4 is 11.8 Å². The molecule has 24 heavy (non-hydrogen) atoms. The number of piperidine rings is 1. The molecule has 6 nitrogen and oxygen atoms in total. The fraction of sp³-hybridized carbons (Fsp3) is 0.556. The number of likely N-dealkylation sites (tertiary alicyclic amines) is 1. The Bertz CT molecular complexity index is 551. The van der Waals surface area contributed by atoms with E-state index in [1.165, 1.54) is 0 Å². The van der Waals surface area contributed by atoms with E-state index in [0.29, 0.717) is 13.0 Å². The van der Waals surface area contributed by atoms with E-state index >= 15 is 0 Å². The lowest BCUT2D eigenvalue weighted by atomic mass is 10.0. The number of carbonyl (C=O) groups excluding carboxylic acids is 2. The van der Waals surface area contributed by atoms with Gasteiger partial charge in [0, 0.05) is 19.6 Å². The Morgan fingerprint density at radius 2 is 1.88 bits per heavy atom. The van der Waals surface area contributed by atoms with Gasteiger partial charge in [0.1, 0.15) is 5.75 Å². The summed E-state index contributed by atoms with van der Waals surface area (Å²) in [5.74, 6) is -0.165. The van der Waals surface area contributed by atoms with E-state index < -0.39 is 11.8 Å². The summed E-state index contributed by atoms with van der Waals surface area (Å²) >= 11 is 0. The highest BCUT2D eigenvalue weighted by Gasteiger charge is 2.27. The topological polar surface area (TPSA) is 61.9 Å². The average Bonchev–Trinajstić information content (AvgIpc) is 2.61. The van der Waals surface area contributed by atoms with Crippen molar-refractivity contribution in [2.75, 3.05) is 40.8 Å². The molecule has 0 bridgehead atoms. The minimum atomic E-state index is -0.523. The third-order valence-electron chi connectivity index (χ3n) is 4.61. The lowest BCUT2D eigenvalue weighted by molar-refractivity contribution is -0.146. The van der Waals surface area contributed by atoms with Crippen molar-refractivity contribution in [3.8, 4) is 5.75 Å². The van der Waals surface area contributed by atoms with E-state index in [0.717, 1.165) is 37.2 Å². The molecule has 0 aliphatic carbocycles. The first-order valence-electron chi connectivity index (χ1n) is 8.37. The molecule has 2 amide bonds. The second-order valence-electron chi connectivity index (χ2n) is 6.30. The summed E-state index contributed by atoms with van der Waals surface area (Å²) < 4.78 is 5.11. The van der Waals surface area contributed by atoms with Crippen LogP contribution in [0.4, 0.5) is 0 Å². The highest BCUT2D eigenvalue weighted by atomic mass is 16.5. The van der Waals surface area contributed by atoms with Gasteiger partial charge in [0.05, 0.1) is 7.11 Å². The van der Waals surface area contributed by atoms with Crippen LogP contribution in [0.1, 0.15) is 18.4 Å². The van der Waals surface area contributed by atoms with Crippen molar-refractivity contribution in [2.45, 2.75) is 25.3 Å². The standard InChI is InChI=1S/C18H27N3O3/c1-20-12-9-15(10-13-20)21(2)18(23)17(22)19-11-8-14-4-6-16(24-3)7-5-14/h4-7,15H,8-13H2,1-3H3,(H,19,22). The first-order valence-corrected chi connectivity index (χ1v) is 8.37. The van der Waals surface area contributed by atoms with Crippen LogP contribution >= 0.6 is 0 Å². The zero-order chi connectivity index (χ0) is 17.5. The Labute approximate surface area is 143 Å². The highest BCUT2D eigenvalue weighted by molar-refractivity contribution is 6.35. The summed E-state index contributed by atoms with van der Waals surface area (Å²) in [6, 6.07) is 7.84. The molecule has 0 atom stereocenters. The first-order chi connectivity index (χ1) is 11.5. The van der Waals surface area contributed by atoms with E-state index in [1.54, 1.807) is 19.1 Å². The maximum atomic E-state index is 12.2. The fourth-order valence-electron chi connectivity index (χ4n) is 2.90. The van der Waals surface area contributed by atoms with Gasteiger partial charge < -0.3 is 19.9 Å². The summed E-state index contributed by atoms with van der Waals surface area (Å²) in [4.78, 5) is 28.1. The summed E-state index contributed by atoms with van der Waals surface area (Å²) in [6.07, 6.45) is 2.51. The predicted molar refractivity (Wildman–Crippen MR) is 93.0 cm³/mol. The molecule has 0 radical (unpaired) electrons. The Morgan fingerprint density at radius 3 is 2.46 bits per heavy atom. The summed E-state index contributed by atoms with van der Waals surface area (Å²) in [5.41, 5.74) is 1.09. The molecule has 1 saturated heterocycles. The molecule has 1 fully saturated rings. The van der Waals surface area contributed by atoms with Gasteiger partial charge in [-0.25, -0.2) is 0 Å². The van der Waals surface area contributed by atoms with Gasteiger partial charge in [-0.3, -0.25) is 9.59 Å². The van der Waals surface area contributed by atoms with Crippen LogP contribution in [0.15, 0.2) is 24.3 Å². The van der Waals surface area contributed by atoms with E-state index in [-0.39, 0.29) is 6.04 Å². The molecule has 0 saturated carbocycles. The van der Waals surface area contributed by atoms with Gasteiger partial charge in [0.2, 0.25) is 0 Å². The van der Waals surface area contributed by atoms with Crippen LogP contribution in [0.5, 0.6) is 5.75 Å². The second kappa shape index (κ2) is 8.68. The quantitative estimate of drug-likeness (QED) is 0.814. The van der Waals surface area contributed by atoms with Crippen LogP contribution < -0.4 is 10.1 Å². The zero-order valence-corrected chi connectivity index (χ0v) is 14.7. The maximum absolute atomic E-state index is 12.2. The molecule has 1 aliphatic heterocycles. The predicted octanol–water partition coefficient (Wildman–Crippen LogP) is 0.907. The van der Waals surface area contributed by atoms with E-state index in [4.69, 9.17) is 4.74 Å². The van der Waals surface area contributed by atoms with Crippen LogP contribution in [0.3, 0.4) is 0 Å². The minimum absolute atomic E-state index is 0.154. The maximum Gasteiger partial charge on any atom is 0.311 e. The summed E-state index contributed by atoms with van der Waals surface area (Å²) in [6.45, 7) is 2.36. The van der Waals surface area contributed by atoms with Gasteiger partial charge in [-0.05, 0) is 57.1 Å². The fourth-order valence-corrected chi connectivity index (χ4v) is 2.90. The van der Waals surface area contributed by atoms with Gasteiger partial charge in [-0.2, -0.15) is 0 Å². The molecule has 132 valence electrons. The third kappa shape index (κ3) is 4.96. The largest absolute Gasteiger partial charge is 0.497 e. The number of carbonyl (C=O) groups is 2. The van der Waals surface area contributed by atoms with Crippen molar-refractivity contribution < 1.29 is 14.3 Å². The zero-order valence-electron chi connectivity index (χ0n) is 14.7. The van der Waals surface area contributed by atoms with Crippen molar-refractivity contribution in [1.82, 2.24) is 15.1 Å². The number of benzene rings is 1. The van der Waals surface area contributed by atoms with Crippen LogP contribution in [0.2, 0.25) is 0 Å². The van der Waals surface area contributed by atoms with Crippen LogP contribution in [0.25, 0.3) is 0 Å². The molecule has 1 N–H and O–H groups in total. The van der Waals surface area contributed by atoms with Crippen LogP contribution in [-0.4, -0.2) is 68.5 Å². The molecule has 1 heterocycles. The highest BCUT2D eigenvalue weighted by Crippen LogP contribution is 2.14. The van der Waals surface area contributed by atoms with Crippen molar-refractivity contribution in [2.24, 2.45) is 0 Å². The van der Waals surface area contributed by atoms with E-state index in [9.17, 15) is 9.59 Å². The molecule has 1 aromatic carbocycles.